The van der Waals surface area contributed by atoms with Crippen molar-refractivity contribution in [1.29, 1.82) is 0 Å². The fourth-order valence-corrected chi connectivity index (χ4v) is 3.15. The second-order valence-electron chi connectivity index (χ2n) is 5.91. The minimum Gasteiger partial charge on any atom is -0.506 e. The molecule has 142 valence electrons. The molecule has 8 nitrogen and oxygen atoms in total. The molecule has 3 aromatic rings. The SMILES string of the molecule is CNC(=O)c1c(-c2ccc(F)cc2)nn2cc(N(C)S(C)(=O)=O)c(O)cc12. The van der Waals surface area contributed by atoms with E-state index in [1.807, 2.05) is 0 Å². The molecule has 2 heterocycles. The summed E-state index contributed by atoms with van der Waals surface area (Å²) < 4.78 is 39.0. The first-order valence-corrected chi connectivity index (χ1v) is 9.65. The molecular formula is C17H17FN4O4S. The van der Waals surface area contributed by atoms with Gasteiger partial charge in [0.05, 0.1) is 23.5 Å². The number of halogens is 1. The van der Waals surface area contributed by atoms with Crippen LogP contribution in [0.4, 0.5) is 10.1 Å². The molecule has 0 radical (unpaired) electrons. The first-order valence-electron chi connectivity index (χ1n) is 7.80. The molecule has 3 rings (SSSR count). The Labute approximate surface area is 154 Å². The van der Waals surface area contributed by atoms with Crippen molar-refractivity contribution < 1.29 is 22.7 Å². The molecule has 0 bridgehead atoms. The number of benzene rings is 1. The molecule has 10 heteroatoms. The maximum Gasteiger partial charge on any atom is 0.255 e. The summed E-state index contributed by atoms with van der Waals surface area (Å²) in [7, 11) is -0.875. The molecular weight excluding hydrogens is 375 g/mol. The number of nitrogens with one attached hydrogen (secondary N) is 1. The first-order chi connectivity index (χ1) is 12.6. The first kappa shape index (κ1) is 18.6. The lowest BCUT2D eigenvalue weighted by atomic mass is 10.1. The Hall–Kier alpha value is -3.14. The predicted octanol–water partition coefficient (Wildman–Crippen LogP) is 1.60. The molecule has 0 spiro atoms. The van der Waals surface area contributed by atoms with E-state index in [-0.39, 0.29) is 28.2 Å². The zero-order valence-electron chi connectivity index (χ0n) is 14.8. The highest BCUT2D eigenvalue weighted by molar-refractivity contribution is 7.92. The molecule has 0 fully saturated rings. The van der Waals surface area contributed by atoms with Crippen LogP contribution in [0, 0.1) is 5.82 Å². The molecule has 0 unspecified atom stereocenters. The third kappa shape index (κ3) is 3.31. The van der Waals surface area contributed by atoms with Crippen molar-refractivity contribution in [3.63, 3.8) is 0 Å². The van der Waals surface area contributed by atoms with E-state index < -0.39 is 21.7 Å². The molecule has 0 aliphatic rings. The maximum absolute atomic E-state index is 13.2. The standard InChI is InChI=1S/C17H17FN4O4S/c1-19-17(24)15-12-8-14(23)13(21(2)27(3,25)26)9-22(12)20-16(15)10-4-6-11(18)7-5-10/h4-9,23H,1-3H3,(H,19,24). The number of aromatic nitrogens is 2. The topological polar surface area (TPSA) is 104 Å². The van der Waals surface area contributed by atoms with E-state index in [0.717, 1.165) is 10.6 Å². The molecule has 2 aromatic heterocycles. The highest BCUT2D eigenvalue weighted by Crippen LogP contribution is 2.33. The summed E-state index contributed by atoms with van der Waals surface area (Å²) >= 11 is 0. The van der Waals surface area contributed by atoms with E-state index in [0.29, 0.717) is 5.56 Å². The third-order valence-electron chi connectivity index (χ3n) is 4.14. The smallest absolute Gasteiger partial charge is 0.255 e. The number of fused-ring (bicyclic) bond motifs is 1. The number of carbonyl (C=O) groups excluding carboxylic acids is 1. The number of rotatable bonds is 4. The van der Waals surface area contributed by atoms with E-state index in [2.05, 4.69) is 10.4 Å². The monoisotopic (exact) mass is 392 g/mol. The van der Waals surface area contributed by atoms with Crippen molar-refractivity contribution in [2.24, 2.45) is 0 Å². The van der Waals surface area contributed by atoms with Crippen LogP contribution < -0.4 is 9.62 Å². The number of anilines is 1. The molecule has 0 aliphatic heterocycles. The minimum absolute atomic E-state index is 0.00149. The van der Waals surface area contributed by atoms with Gasteiger partial charge < -0.3 is 10.4 Å². The zero-order valence-corrected chi connectivity index (χ0v) is 15.6. The van der Waals surface area contributed by atoms with Gasteiger partial charge in [-0.3, -0.25) is 9.10 Å². The van der Waals surface area contributed by atoms with Crippen molar-refractivity contribution in [1.82, 2.24) is 14.9 Å². The molecule has 0 atom stereocenters. The number of hydrogen-bond donors (Lipinski definition) is 2. The van der Waals surface area contributed by atoms with Crippen molar-refractivity contribution in [2.45, 2.75) is 0 Å². The largest absolute Gasteiger partial charge is 0.506 e. The maximum atomic E-state index is 13.2. The summed E-state index contributed by atoms with van der Waals surface area (Å²) in [6.45, 7) is 0. The van der Waals surface area contributed by atoms with Gasteiger partial charge in [-0.1, -0.05) is 0 Å². The van der Waals surface area contributed by atoms with E-state index in [9.17, 15) is 22.7 Å². The third-order valence-corrected chi connectivity index (χ3v) is 5.33. The predicted molar refractivity (Wildman–Crippen MR) is 98.9 cm³/mol. The lowest BCUT2D eigenvalue weighted by Gasteiger charge is -2.17. The number of hydrogen-bond acceptors (Lipinski definition) is 5. The van der Waals surface area contributed by atoms with Crippen molar-refractivity contribution in [2.75, 3.05) is 24.7 Å². The molecule has 0 saturated carbocycles. The van der Waals surface area contributed by atoms with E-state index in [1.54, 1.807) is 0 Å². The van der Waals surface area contributed by atoms with E-state index in [4.69, 9.17) is 0 Å². The molecule has 2 N–H and O–H groups in total. The average Bonchev–Trinajstić information content (AvgIpc) is 2.97. The van der Waals surface area contributed by atoms with Gasteiger partial charge >= 0.3 is 0 Å². The normalized spacial score (nSPS) is 11.6. The minimum atomic E-state index is -3.62. The Morgan fingerprint density at radius 2 is 1.93 bits per heavy atom. The van der Waals surface area contributed by atoms with Crippen LogP contribution in [-0.4, -0.2) is 49.4 Å². The molecule has 27 heavy (non-hydrogen) atoms. The van der Waals surface area contributed by atoms with Crippen molar-refractivity contribution >= 4 is 27.1 Å². The van der Waals surface area contributed by atoms with Gasteiger partial charge in [0.2, 0.25) is 10.0 Å². The Morgan fingerprint density at radius 1 is 1.30 bits per heavy atom. The van der Waals surface area contributed by atoms with Crippen molar-refractivity contribution in [3.8, 4) is 17.0 Å². The van der Waals surface area contributed by atoms with Gasteiger partial charge in [0, 0.05) is 25.7 Å². The van der Waals surface area contributed by atoms with Gasteiger partial charge in [-0.25, -0.2) is 17.3 Å². The van der Waals surface area contributed by atoms with E-state index >= 15 is 0 Å². The summed E-state index contributed by atoms with van der Waals surface area (Å²) in [5, 5.41) is 17.2. The number of amides is 1. The number of sulfonamides is 1. The highest BCUT2D eigenvalue weighted by atomic mass is 32.2. The second kappa shape index (κ2) is 6.54. The van der Waals surface area contributed by atoms with Crippen LogP contribution in [0.15, 0.2) is 36.5 Å². The highest BCUT2D eigenvalue weighted by Gasteiger charge is 2.24. The van der Waals surface area contributed by atoms with Crippen LogP contribution in [0.3, 0.4) is 0 Å². The van der Waals surface area contributed by atoms with Gasteiger partial charge in [-0.15, -0.1) is 0 Å². The summed E-state index contributed by atoms with van der Waals surface area (Å²) in [6.07, 6.45) is 2.31. The van der Waals surface area contributed by atoms with Gasteiger partial charge in [0.25, 0.3) is 5.91 Å². The van der Waals surface area contributed by atoms with Crippen LogP contribution in [-0.2, 0) is 10.0 Å². The molecule has 1 amide bonds. The van der Waals surface area contributed by atoms with Crippen LogP contribution in [0.5, 0.6) is 5.75 Å². The Kier molecular flexibility index (Phi) is 4.52. The molecule has 1 aromatic carbocycles. The fourth-order valence-electron chi connectivity index (χ4n) is 2.65. The van der Waals surface area contributed by atoms with Crippen LogP contribution in [0.1, 0.15) is 10.4 Å². The number of carbonyl (C=O) groups is 1. The van der Waals surface area contributed by atoms with Gasteiger partial charge in [0.1, 0.15) is 22.9 Å². The Morgan fingerprint density at radius 3 is 2.48 bits per heavy atom. The zero-order chi connectivity index (χ0) is 19.9. The van der Waals surface area contributed by atoms with Crippen LogP contribution in [0.2, 0.25) is 0 Å². The number of pyridine rings is 1. The summed E-state index contributed by atoms with van der Waals surface area (Å²) in [4.78, 5) is 12.4. The summed E-state index contributed by atoms with van der Waals surface area (Å²) in [5.74, 6) is -1.21. The lowest BCUT2D eigenvalue weighted by Crippen LogP contribution is -2.25. The van der Waals surface area contributed by atoms with Crippen LogP contribution in [0.25, 0.3) is 16.8 Å². The quantitative estimate of drug-likeness (QED) is 0.702. The average molecular weight is 392 g/mol. The summed E-state index contributed by atoms with van der Waals surface area (Å²) in [5.41, 5.74) is 1.22. The van der Waals surface area contributed by atoms with E-state index in [1.165, 1.54) is 55.1 Å². The second-order valence-corrected chi connectivity index (χ2v) is 7.93. The van der Waals surface area contributed by atoms with Gasteiger partial charge in [-0.2, -0.15) is 5.10 Å². The van der Waals surface area contributed by atoms with Gasteiger partial charge in [0.15, 0.2) is 0 Å². The Bertz CT molecular complexity index is 1140. The fraction of sp³-hybridized carbons (Fsp3) is 0.176. The molecule has 0 aliphatic carbocycles. The summed E-state index contributed by atoms with van der Waals surface area (Å²) in [6, 6.07) is 6.71. The van der Waals surface area contributed by atoms with Crippen LogP contribution >= 0.6 is 0 Å². The molecule has 0 saturated heterocycles. The lowest BCUT2D eigenvalue weighted by molar-refractivity contribution is 0.0965. The number of aromatic hydroxyl groups is 1. The Balaban J connectivity index is 2.30. The number of nitrogens with zero attached hydrogens (tertiary/aromatic N) is 3. The van der Waals surface area contributed by atoms with Crippen molar-refractivity contribution in [3.05, 3.63) is 47.9 Å². The van der Waals surface area contributed by atoms with Gasteiger partial charge in [-0.05, 0) is 24.3 Å².